The molecule has 3 aliphatic carbocycles. The number of phenolic OH excluding ortho intramolecular Hbond substituents is 1. The third-order valence-corrected chi connectivity index (χ3v) is 7.20. The van der Waals surface area contributed by atoms with Crippen LogP contribution in [0.2, 0.25) is 0 Å². The van der Waals surface area contributed by atoms with Crippen molar-refractivity contribution in [3.63, 3.8) is 0 Å². The number of benzene rings is 1. The van der Waals surface area contributed by atoms with Crippen molar-refractivity contribution in [3.8, 4) is 5.75 Å². The zero-order valence-electron chi connectivity index (χ0n) is 13.6. The van der Waals surface area contributed by atoms with Crippen molar-refractivity contribution in [3.05, 3.63) is 29.3 Å². The first kappa shape index (κ1) is 14.3. The number of hydrogen-bond donors (Lipinski definition) is 1. The van der Waals surface area contributed by atoms with E-state index in [0.29, 0.717) is 29.3 Å². The monoisotopic (exact) mass is 298 g/mol. The maximum absolute atomic E-state index is 12.1. The molecule has 2 saturated carbocycles. The maximum Gasteiger partial charge on any atom is 0.133 e. The molecule has 1 aromatic rings. The quantitative estimate of drug-likeness (QED) is 0.831. The zero-order valence-corrected chi connectivity index (χ0v) is 13.6. The Kier molecular flexibility index (Phi) is 3.15. The molecule has 5 atom stereocenters. The number of rotatable bonds is 1. The Hall–Kier alpha value is -1.31. The lowest BCUT2D eigenvalue weighted by Gasteiger charge is -2.50. The number of carbonyl (C=O) groups excluding carboxylic acids is 1. The molecule has 0 aromatic heterocycles. The fraction of sp³-hybridized carbons (Fsp3) is 0.650. The summed E-state index contributed by atoms with van der Waals surface area (Å²) in [5.74, 6) is 3.19. The number of aromatic hydroxyl groups is 1. The SMILES string of the molecule is CC(=O)[C@H]1CCC2C3CCc4cc(O)ccc4C3CC[C@@]21C. The van der Waals surface area contributed by atoms with Crippen LogP contribution in [0.5, 0.6) is 5.75 Å². The van der Waals surface area contributed by atoms with Crippen LogP contribution < -0.4 is 0 Å². The van der Waals surface area contributed by atoms with Crippen molar-refractivity contribution in [1.82, 2.24) is 0 Å². The van der Waals surface area contributed by atoms with E-state index in [1.165, 1.54) is 36.8 Å². The van der Waals surface area contributed by atoms with E-state index in [1.54, 1.807) is 6.92 Å². The first-order valence-corrected chi connectivity index (χ1v) is 8.83. The minimum atomic E-state index is 0.238. The molecule has 22 heavy (non-hydrogen) atoms. The second kappa shape index (κ2) is 4.84. The number of hydrogen-bond acceptors (Lipinski definition) is 2. The Bertz CT molecular complexity index is 620. The average Bonchev–Trinajstić information content (AvgIpc) is 2.84. The zero-order chi connectivity index (χ0) is 15.5. The van der Waals surface area contributed by atoms with Gasteiger partial charge < -0.3 is 5.11 Å². The largest absolute Gasteiger partial charge is 0.508 e. The van der Waals surface area contributed by atoms with Crippen LogP contribution in [0.15, 0.2) is 18.2 Å². The van der Waals surface area contributed by atoms with E-state index in [1.807, 2.05) is 12.1 Å². The highest BCUT2D eigenvalue weighted by molar-refractivity contribution is 5.79. The van der Waals surface area contributed by atoms with Gasteiger partial charge in [-0.2, -0.15) is 0 Å². The predicted molar refractivity (Wildman–Crippen MR) is 86.9 cm³/mol. The summed E-state index contributed by atoms with van der Waals surface area (Å²) in [5, 5.41) is 9.73. The molecule has 1 N–H and O–H groups in total. The predicted octanol–water partition coefficient (Wildman–Crippen LogP) is 4.45. The molecule has 2 nitrogen and oxygen atoms in total. The Balaban J connectivity index is 1.69. The number of phenols is 1. The van der Waals surface area contributed by atoms with Crippen LogP contribution >= 0.6 is 0 Å². The van der Waals surface area contributed by atoms with Crippen molar-refractivity contribution >= 4 is 5.78 Å². The summed E-state index contributed by atoms with van der Waals surface area (Å²) >= 11 is 0. The second-order valence-electron chi connectivity index (χ2n) is 8.08. The van der Waals surface area contributed by atoms with Crippen molar-refractivity contribution < 1.29 is 9.90 Å². The number of fused-ring (bicyclic) bond motifs is 5. The van der Waals surface area contributed by atoms with Gasteiger partial charge in [-0.05, 0) is 91.9 Å². The molecule has 118 valence electrons. The van der Waals surface area contributed by atoms with Crippen LogP contribution in [-0.2, 0) is 11.2 Å². The molecule has 0 saturated heterocycles. The third kappa shape index (κ3) is 1.89. The summed E-state index contributed by atoms with van der Waals surface area (Å²) < 4.78 is 0. The number of Topliss-reactive ketones (excluding diaryl/α,β-unsaturated/α-hetero) is 1. The van der Waals surface area contributed by atoms with Crippen LogP contribution in [0.3, 0.4) is 0 Å². The van der Waals surface area contributed by atoms with Gasteiger partial charge in [0.05, 0.1) is 0 Å². The van der Waals surface area contributed by atoms with Gasteiger partial charge in [0.15, 0.2) is 0 Å². The number of ketones is 1. The summed E-state index contributed by atoms with van der Waals surface area (Å²) in [6.07, 6.45) is 7.04. The van der Waals surface area contributed by atoms with Crippen LogP contribution in [-0.4, -0.2) is 10.9 Å². The van der Waals surface area contributed by atoms with Gasteiger partial charge in [-0.15, -0.1) is 0 Å². The maximum atomic E-state index is 12.1. The fourth-order valence-corrected chi connectivity index (χ4v) is 6.24. The molecule has 2 heteroatoms. The molecular weight excluding hydrogens is 272 g/mol. The molecule has 1 aromatic carbocycles. The van der Waals surface area contributed by atoms with Gasteiger partial charge in [-0.25, -0.2) is 0 Å². The van der Waals surface area contributed by atoms with E-state index in [-0.39, 0.29) is 5.41 Å². The van der Waals surface area contributed by atoms with E-state index < -0.39 is 0 Å². The van der Waals surface area contributed by atoms with Crippen molar-refractivity contribution in [2.75, 3.05) is 0 Å². The fourth-order valence-electron chi connectivity index (χ4n) is 6.24. The van der Waals surface area contributed by atoms with Gasteiger partial charge in [0, 0.05) is 5.92 Å². The number of aryl methyl sites for hydroxylation is 1. The lowest BCUT2D eigenvalue weighted by Crippen LogP contribution is -2.43. The van der Waals surface area contributed by atoms with E-state index in [4.69, 9.17) is 0 Å². The van der Waals surface area contributed by atoms with Gasteiger partial charge >= 0.3 is 0 Å². The highest BCUT2D eigenvalue weighted by Crippen LogP contribution is 2.63. The van der Waals surface area contributed by atoms with Gasteiger partial charge in [0.2, 0.25) is 0 Å². The highest BCUT2D eigenvalue weighted by Gasteiger charge is 2.55. The minimum absolute atomic E-state index is 0.238. The van der Waals surface area contributed by atoms with Crippen molar-refractivity contribution in [1.29, 1.82) is 0 Å². The van der Waals surface area contributed by atoms with E-state index >= 15 is 0 Å². The summed E-state index contributed by atoms with van der Waals surface area (Å²) in [4.78, 5) is 12.1. The summed E-state index contributed by atoms with van der Waals surface area (Å²) in [6, 6.07) is 5.97. The number of carbonyl (C=O) groups is 1. The molecule has 0 aliphatic heterocycles. The normalized spacial score (nSPS) is 39.7. The molecule has 0 bridgehead atoms. The van der Waals surface area contributed by atoms with Crippen LogP contribution in [0.4, 0.5) is 0 Å². The molecule has 0 radical (unpaired) electrons. The molecule has 4 rings (SSSR count). The Morgan fingerprint density at radius 3 is 2.82 bits per heavy atom. The average molecular weight is 298 g/mol. The summed E-state index contributed by atoms with van der Waals surface area (Å²) in [5.41, 5.74) is 3.06. The lowest BCUT2D eigenvalue weighted by molar-refractivity contribution is -0.125. The molecular formula is C20H26O2. The highest BCUT2D eigenvalue weighted by atomic mass is 16.3. The van der Waals surface area contributed by atoms with E-state index in [9.17, 15) is 9.90 Å². The minimum Gasteiger partial charge on any atom is -0.508 e. The first-order valence-electron chi connectivity index (χ1n) is 8.83. The van der Waals surface area contributed by atoms with Crippen molar-refractivity contribution in [2.24, 2.45) is 23.2 Å². The molecule has 0 amide bonds. The topological polar surface area (TPSA) is 37.3 Å². The Morgan fingerprint density at radius 1 is 1.23 bits per heavy atom. The third-order valence-electron chi connectivity index (χ3n) is 7.20. The second-order valence-corrected chi connectivity index (χ2v) is 8.08. The summed E-state index contributed by atoms with van der Waals surface area (Å²) in [6.45, 7) is 4.18. The smallest absolute Gasteiger partial charge is 0.133 e. The van der Waals surface area contributed by atoms with Gasteiger partial charge in [0.25, 0.3) is 0 Å². The Labute approximate surface area is 132 Å². The van der Waals surface area contributed by atoms with E-state index in [2.05, 4.69) is 13.0 Å². The molecule has 0 spiro atoms. The molecule has 3 unspecified atom stereocenters. The van der Waals surface area contributed by atoms with Gasteiger partial charge in [-0.1, -0.05) is 13.0 Å². The van der Waals surface area contributed by atoms with Crippen molar-refractivity contribution in [2.45, 2.75) is 58.3 Å². The van der Waals surface area contributed by atoms with Gasteiger partial charge in [0.1, 0.15) is 11.5 Å². The molecule has 2 fully saturated rings. The van der Waals surface area contributed by atoms with Gasteiger partial charge in [-0.3, -0.25) is 4.79 Å². The standard InChI is InChI=1S/C20H26O2/c1-12(21)18-7-8-19-17-5-3-13-11-14(22)4-6-15(13)16(17)9-10-20(18,19)2/h4,6,11,16-19,22H,3,5,7-10H2,1-2H3/t16?,17?,18-,19?,20-/m1/s1. The lowest BCUT2D eigenvalue weighted by atomic mass is 9.54. The Morgan fingerprint density at radius 2 is 2.05 bits per heavy atom. The molecule has 3 aliphatic rings. The van der Waals surface area contributed by atoms with E-state index in [0.717, 1.165) is 18.8 Å². The van der Waals surface area contributed by atoms with Crippen LogP contribution in [0, 0.1) is 23.2 Å². The molecule has 0 heterocycles. The summed E-state index contributed by atoms with van der Waals surface area (Å²) in [7, 11) is 0. The van der Waals surface area contributed by atoms with Crippen LogP contribution in [0.25, 0.3) is 0 Å². The first-order chi connectivity index (χ1) is 10.5. The van der Waals surface area contributed by atoms with Crippen LogP contribution in [0.1, 0.15) is 63.0 Å².